The predicted octanol–water partition coefficient (Wildman–Crippen LogP) is 1.78. The number of rotatable bonds is 6. The van der Waals surface area contributed by atoms with Crippen LogP contribution in [0.4, 0.5) is 0 Å². The zero-order valence-corrected chi connectivity index (χ0v) is 8.85. The van der Waals surface area contributed by atoms with Crippen LogP contribution >= 0.6 is 0 Å². The quantitative estimate of drug-likeness (QED) is 0.642. The van der Waals surface area contributed by atoms with E-state index in [1.807, 2.05) is 7.05 Å². The van der Waals surface area contributed by atoms with Crippen molar-refractivity contribution in [3.63, 3.8) is 0 Å². The second-order valence-corrected chi connectivity index (χ2v) is 3.55. The van der Waals surface area contributed by atoms with Gasteiger partial charge in [-0.1, -0.05) is 13.8 Å². The van der Waals surface area contributed by atoms with Crippen LogP contribution in [0.25, 0.3) is 0 Å². The van der Waals surface area contributed by atoms with Crippen LogP contribution in [0.15, 0.2) is 0 Å². The van der Waals surface area contributed by atoms with E-state index in [0.29, 0.717) is 12.6 Å². The third kappa shape index (κ3) is 2.46. The second kappa shape index (κ2) is 5.55. The van der Waals surface area contributed by atoms with Gasteiger partial charge in [-0.25, -0.2) is 0 Å². The molecule has 0 aromatic rings. The Morgan fingerprint density at radius 2 is 1.83 bits per heavy atom. The number of nitrogens with one attached hydrogen (secondary N) is 1. The van der Waals surface area contributed by atoms with E-state index in [1.54, 1.807) is 0 Å². The van der Waals surface area contributed by atoms with Gasteiger partial charge in [0.15, 0.2) is 0 Å². The van der Waals surface area contributed by atoms with E-state index in [2.05, 4.69) is 26.1 Å². The first-order chi connectivity index (χ1) is 5.66. The molecule has 0 aliphatic rings. The van der Waals surface area contributed by atoms with E-state index in [1.165, 1.54) is 0 Å². The highest BCUT2D eigenvalue weighted by Gasteiger charge is 2.30. The van der Waals surface area contributed by atoms with Crippen molar-refractivity contribution in [1.29, 1.82) is 0 Å². The van der Waals surface area contributed by atoms with E-state index in [9.17, 15) is 0 Å². The number of aliphatic hydroxyl groups is 1. The van der Waals surface area contributed by atoms with Gasteiger partial charge >= 0.3 is 0 Å². The highest BCUT2D eigenvalue weighted by atomic mass is 16.3. The van der Waals surface area contributed by atoms with Crippen LogP contribution in [0.2, 0.25) is 0 Å². The summed E-state index contributed by atoms with van der Waals surface area (Å²) >= 11 is 0. The number of aliphatic hydroxyl groups excluding tert-OH is 1. The summed E-state index contributed by atoms with van der Waals surface area (Å²) in [6.07, 6.45) is 3.17. The molecule has 2 nitrogen and oxygen atoms in total. The number of hydrogen-bond acceptors (Lipinski definition) is 2. The van der Waals surface area contributed by atoms with Gasteiger partial charge in [0, 0.05) is 12.6 Å². The van der Waals surface area contributed by atoms with Crippen LogP contribution in [0, 0.1) is 5.41 Å². The minimum Gasteiger partial charge on any atom is -0.396 e. The highest BCUT2D eigenvalue weighted by Crippen LogP contribution is 2.33. The minimum atomic E-state index is 0.281. The molecule has 74 valence electrons. The Labute approximate surface area is 76.4 Å². The first-order valence-electron chi connectivity index (χ1n) is 4.95. The van der Waals surface area contributed by atoms with Crippen molar-refractivity contribution in [3.05, 3.63) is 0 Å². The molecule has 0 radical (unpaired) electrons. The van der Waals surface area contributed by atoms with Gasteiger partial charge in [-0.3, -0.25) is 0 Å². The molecule has 1 unspecified atom stereocenters. The highest BCUT2D eigenvalue weighted by molar-refractivity contribution is 4.85. The van der Waals surface area contributed by atoms with Crippen LogP contribution in [0.3, 0.4) is 0 Å². The Morgan fingerprint density at radius 3 is 2.08 bits per heavy atom. The summed E-state index contributed by atoms with van der Waals surface area (Å²) in [6, 6.07) is 0.486. The van der Waals surface area contributed by atoms with Crippen molar-refractivity contribution in [3.8, 4) is 0 Å². The standard InChI is InChI=1S/C10H23NO/c1-5-10(6-2,7-8-12)9(3)11-4/h9,11-12H,5-8H2,1-4H3. The predicted molar refractivity (Wildman–Crippen MR) is 53.2 cm³/mol. The molecule has 0 rings (SSSR count). The third-order valence-electron chi connectivity index (χ3n) is 3.37. The average molecular weight is 173 g/mol. The normalized spacial score (nSPS) is 14.8. The monoisotopic (exact) mass is 173 g/mol. The molecule has 0 aromatic heterocycles. The Morgan fingerprint density at radius 1 is 1.33 bits per heavy atom. The summed E-state index contributed by atoms with van der Waals surface area (Å²) in [4.78, 5) is 0. The summed E-state index contributed by atoms with van der Waals surface area (Å²) in [7, 11) is 1.99. The zero-order chi connectivity index (χ0) is 9.61. The average Bonchev–Trinajstić information content (AvgIpc) is 2.13. The van der Waals surface area contributed by atoms with Gasteiger partial charge in [-0.15, -0.1) is 0 Å². The molecule has 0 saturated carbocycles. The molecule has 12 heavy (non-hydrogen) atoms. The Hall–Kier alpha value is -0.0800. The fourth-order valence-electron chi connectivity index (χ4n) is 1.96. The SMILES string of the molecule is CCC(CC)(CCO)C(C)NC. The minimum absolute atomic E-state index is 0.281. The lowest BCUT2D eigenvalue weighted by Gasteiger charge is -2.37. The van der Waals surface area contributed by atoms with Crippen molar-refractivity contribution in [2.24, 2.45) is 5.41 Å². The Kier molecular flexibility index (Phi) is 5.51. The topological polar surface area (TPSA) is 32.3 Å². The molecule has 0 aliphatic carbocycles. The molecule has 0 amide bonds. The molecule has 0 aliphatic heterocycles. The van der Waals surface area contributed by atoms with Crippen LogP contribution in [-0.4, -0.2) is 24.8 Å². The Balaban J connectivity index is 4.33. The van der Waals surface area contributed by atoms with Gasteiger partial charge in [0.2, 0.25) is 0 Å². The molecule has 1 atom stereocenters. The van der Waals surface area contributed by atoms with Crippen molar-refractivity contribution in [2.45, 2.75) is 46.1 Å². The van der Waals surface area contributed by atoms with Crippen LogP contribution in [-0.2, 0) is 0 Å². The maximum Gasteiger partial charge on any atom is 0.0436 e. The van der Waals surface area contributed by atoms with Gasteiger partial charge in [0.05, 0.1) is 0 Å². The second-order valence-electron chi connectivity index (χ2n) is 3.55. The molecule has 0 aromatic carbocycles. The van der Waals surface area contributed by atoms with Gasteiger partial charge < -0.3 is 10.4 Å². The lowest BCUT2D eigenvalue weighted by Crippen LogP contribution is -2.41. The third-order valence-corrected chi connectivity index (χ3v) is 3.37. The van der Waals surface area contributed by atoms with Crippen LogP contribution in [0.5, 0.6) is 0 Å². The lowest BCUT2D eigenvalue weighted by molar-refractivity contribution is 0.128. The van der Waals surface area contributed by atoms with Gasteiger partial charge in [0.1, 0.15) is 0 Å². The number of hydrogen-bond donors (Lipinski definition) is 2. The lowest BCUT2D eigenvalue weighted by atomic mass is 9.74. The first-order valence-corrected chi connectivity index (χ1v) is 4.95. The molecular weight excluding hydrogens is 150 g/mol. The van der Waals surface area contributed by atoms with Crippen molar-refractivity contribution < 1.29 is 5.11 Å². The summed E-state index contributed by atoms with van der Waals surface area (Å²) in [5.74, 6) is 0. The molecule has 0 spiro atoms. The zero-order valence-electron chi connectivity index (χ0n) is 8.85. The van der Waals surface area contributed by atoms with E-state index in [-0.39, 0.29) is 5.41 Å². The maximum atomic E-state index is 8.98. The Bertz CT molecular complexity index is 110. The summed E-state index contributed by atoms with van der Waals surface area (Å²) in [5, 5.41) is 12.3. The summed E-state index contributed by atoms with van der Waals surface area (Å²) in [5.41, 5.74) is 0.281. The van der Waals surface area contributed by atoms with Crippen molar-refractivity contribution >= 4 is 0 Å². The van der Waals surface area contributed by atoms with E-state index < -0.39 is 0 Å². The van der Waals surface area contributed by atoms with Crippen LogP contribution in [0.1, 0.15) is 40.0 Å². The molecule has 0 bridgehead atoms. The molecular formula is C10H23NO. The van der Waals surface area contributed by atoms with Gasteiger partial charge in [-0.05, 0) is 38.6 Å². The summed E-state index contributed by atoms with van der Waals surface area (Å²) < 4.78 is 0. The summed E-state index contributed by atoms with van der Waals surface area (Å²) in [6.45, 7) is 6.90. The van der Waals surface area contributed by atoms with Gasteiger partial charge in [-0.2, -0.15) is 0 Å². The maximum absolute atomic E-state index is 8.98. The van der Waals surface area contributed by atoms with Gasteiger partial charge in [0.25, 0.3) is 0 Å². The fraction of sp³-hybridized carbons (Fsp3) is 1.00. The largest absolute Gasteiger partial charge is 0.396 e. The van der Waals surface area contributed by atoms with Crippen LogP contribution < -0.4 is 5.32 Å². The molecule has 0 saturated heterocycles. The van der Waals surface area contributed by atoms with Crippen molar-refractivity contribution in [2.75, 3.05) is 13.7 Å². The van der Waals surface area contributed by atoms with E-state index in [0.717, 1.165) is 19.3 Å². The fourth-order valence-corrected chi connectivity index (χ4v) is 1.96. The molecule has 0 fully saturated rings. The molecule has 2 heteroatoms. The molecule has 2 N–H and O–H groups in total. The van der Waals surface area contributed by atoms with E-state index in [4.69, 9.17) is 5.11 Å². The van der Waals surface area contributed by atoms with E-state index >= 15 is 0 Å². The first kappa shape index (κ1) is 11.9. The molecule has 0 heterocycles. The van der Waals surface area contributed by atoms with Crippen molar-refractivity contribution in [1.82, 2.24) is 5.32 Å². The smallest absolute Gasteiger partial charge is 0.0436 e.